The quantitative estimate of drug-likeness (QED) is 0.871. The van der Waals surface area contributed by atoms with Gasteiger partial charge in [0, 0.05) is 17.2 Å². The molecule has 0 aliphatic rings. The lowest BCUT2D eigenvalue weighted by atomic mass is 9.78. The van der Waals surface area contributed by atoms with Crippen LogP contribution in [-0.4, -0.2) is 17.3 Å². The Morgan fingerprint density at radius 1 is 1.00 bits per heavy atom. The van der Waals surface area contributed by atoms with Crippen LogP contribution >= 0.6 is 0 Å². The van der Waals surface area contributed by atoms with Gasteiger partial charge in [0.25, 0.3) is 0 Å². The van der Waals surface area contributed by atoms with E-state index in [0.29, 0.717) is 5.82 Å². The Bertz CT molecular complexity index is 673. The predicted molar refractivity (Wildman–Crippen MR) is 92.4 cm³/mol. The van der Waals surface area contributed by atoms with Crippen molar-refractivity contribution < 1.29 is 4.74 Å². The number of hydrogen-bond acceptors (Lipinski definition) is 3. The molecule has 0 spiro atoms. The molecule has 0 saturated heterocycles. The van der Waals surface area contributed by atoms with Crippen LogP contribution in [0.2, 0.25) is 0 Å². The highest BCUT2D eigenvalue weighted by atomic mass is 16.5. The Morgan fingerprint density at radius 3 is 2.05 bits per heavy atom. The van der Waals surface area contributed by atoms with Crippen LogP contribution < -0.4 is 10.5 Å². The van der Waals surface area contributed by atoms with Gasteiger partial charge in [-0.15, -0.1) is 0 Å². The van der Waals surface area contributed by atoms with Gasteiger partial charge in [-0.05, 0) is 22.5 Å². The Morgan fingerprint density at radius 2 is 1.64 bits per heavy atom. The van der Waals surface area contributed by atoms with E-state index in [1.54, 1.807) is 7.11 Å². The molecule has 1 aromatic carbocycles. The molecule has 4 nitrogen and oxygen atoms in total. The predicted octanol–water partition coefficient (Wildman–Crippen LogP) is 4.26. The molecule has 0 atom stereocenters. The third-order valence-corrected chi connectivity index (χ3v) is 3.85. The van der Waals surface area contributed by atoms with E-state index in [4.69, 9.17) is 10.5 Å². The van der Waals surface area contributed by atoms with Crippen LogP contribution in [0.1, 0.15) is 52.7 Å². The van der Waals surface area contributed by atoms with Gasteiger partial charge >= 0.3 is 0 Å². The second kappa shape index (κ2) is 5.34. The van der Waals surface area contributed by atoms with Crippen molar-refractivity contribution in [3.63, 3.8) is 0 Å². The molecule has 2 rings (SSSR count). The number of aromatic amines is 1. The fourth-order valence-corrected chi connectivity index (χ4v) is 2.51. The van der Waals surface area contributed by atoms with Gasteiger partial charge in [0.2, 0.25) is 0 Å². The summed E-state index contributed by atoms with van der Waals surface area (Å²) in [6.07, 6.45) is 0. The van der Waals surface area contributed by atoms with Crippen molar-refractivity contribution in [2.75, 3.05) is 12.8 Å². The Labute approximate surface area is 133 Å². The first kappa shape index (κ1) is 16.4. The fourth-order valence-electron chi connectivity index (χ4n) is 2.51. The van der Waals surface area contributed by atoms with Crippen LogP contribution in [0.25, 0.3) is 11.3 Å². The molecular formula is C18H27N3O. The highest BCUT2D eigenvalue weighted by Crippen LogP contribution is 2.42. The lowest BCUT2D eigenvalue weighted by molar-refractivity contribution is 0.398. The smallest absolute Gasteiger partial charge is 0.145 e. The Kier molecular flexibility index (Phi) is 3.98. The molecule has 0 amide bonds. The molecule has 22 heavy (non-hydrogen) atoms. The van der Waals surface area contributed by atoms with E-state index in [1.165, 1.54) is 11.1 Å². The van der Waals surface area contributed by atoms with Gasteiger partial charge in [0.15, 0.2) is 0 Å². The fraction of sp³-hybridized carbons (Fsp3) is 0.500. The zero-order valence-electron chi connectivity index (χ0n) is 14.7. The average Bonchev–Trinajstić information content (AvgIpc) is 2.81. The number of ether oxygens (including phenoxy) is 1. The summed E-state index contributed by atoms with van der Waals surface area (Å²) < 4.78 is 5.75. The summed E-state index contributed by atoms with van der Waals surface area (Å²) in [5, 5.41) is 7.05. The maximum Gasteiger partial charge on any atom is 0.145 e. The minimum absolute atomic E-state index is 0.0209. The van der Waals surface area contributed by atoms with Crippen LogP contribution in [0, 0.1) is 0 Å². The van der Waals surface area contributed by atoms with Crippen LogP contribution in [0.3, 0.4) is 0 Å². The van der Waals surface area contributed by atoms with E-state index in [0.717, 1.165) is 17.0 Å². The number of H-pyrrole nitrogens is 1. The molecule has 0 fully saturated rings. The topological polar surface area (TPSA) is 63.9 Å². The summed E-state index contributed by atoms with van der Waals surface area (Å²) in [5.41, 5.74) is 10.1. The molecule has 0 radical (unpaired) electrons. The van der Waals surface area contributed by atoms with Gasteiger partial charge in [0.1, 0.15) is 11.6 Å². The number of aromatic nitrogens is 2. The normalized spacial score (nSPS) is 12.5. The summed E-state index contributed by atoms with van der Waals surface area (Å²) in [4.78, 5) is 0. The van der Waals surface area contributed by atoms with Crippen molar-refractivity contribution in [1.82, 2.24) is 10.2 Å². The maximum atomic E-state index is 5.77. The largest absolute Gasteiger partial charge is 0.496 e. The van der Waals surface area contributed by atoms with Gasteiger partial charge in [-0.1, -0.05) is 47.6 Å². The third-order valence-electron chi connectivity index (χ3n) is 3.85. The van der Waals surface area contributed by atoms with E-state index < -0.39 is 0 Å². The summed E-state index contributed by atoms with van der Waals surface area (Å²) >= 11 is 0. The Hall–Kier alpha value is -1.97. The summed E-state index contributed by atoms with van der Waals surface area (Å²) in [7, 11) is 1.71. The van der Waals surface area contributed by atoms with Crippen molar-refractivity contribution in [3.8, 4) is 17.0 Å². The standard InChI is InChI=1S/C18H27N3O/c1-17(2,3)11-8-12(14-10-15(19)21-20-14)16(22-7)13(9-11)18(4,5)6/h8-10H,1-7H3,(H3,19,20,21). The lowest BCUT2D eigenvalue weighted by Crippen LogP contribution is -2.18. The van der Waals surface area contributed by atoms with Gasteiger partial charge in [-0.3, -0.25) is 5.10 Å². The van der Waals surface area contributed by atoms with Crippen molar-refractivity contribution in [2.24, 2.45) is 0 Å². The second-order valence-electron chi connectivity index (χ2n) is 7.81. The van der Waals surface area contributed by atoms with Crippen molar-refractivity contribution in [3.05, 3.63) is 29.3 Å². The van der Waals surface area contributed by atoms with Crippen molar-refractivity contribution in [1.29, 1.82) is 0 Å². The minimum Gasteiger partial charge on any atom is -0.496 e. The molecule has 0 aliphatic carbocycles. The van der Waals surface area contributed by atoms with Gasteiger partial charge in [-0.2, -0.15) is 5.10 Å². The first-order chi connectivity index (χ1) is 10.0. The number of nitrogens with two attached hydrogens (primary N) is 1. The molecule has 2 aromatic rings. The molecule has 0 saturated carbocycles. The number of methoxy groups -OCH3 is 1. The van der Waals surface area contributed by atoms with Crippen LogP contribution in [0.4, 0.5) is 5.82 Å². The van der Waals surface area contributed by atoms with E-state index in [-0.39, 0.29) is 10.8 Å². The number of anilines is 1. The molecule has 3 N–H and O–H groups in total. The molecule has 0 unspecified atom stereocenters. The lowest BCUT2D eigenvalue weighted by Gasteiger charge is -2.28. The van der Waals surface area contributed by atoms with Crippen LogP contribution in [0.5, 0.6) is 5.75 Å². The Balaban J connectivity index is 2.80. The molecule has 1 aromatic heterocycles. The van der Waals surface area contributed by atoms with Crippen molar-refractivity contribution >= 4 is 5.82 Å². The number of nitrogen functional groups attached to an aromatic ring is 1. The third kappa shape index (κ3) is 3.11. The SMILES string of the molecule is COc1c(-c2cc(N)n[nH]2)cc(C(C)(C)C)cc1C(C)(C)C. The molecule has 120 valence electrons. The first-order valence-electron chi connectivity index (χ1n) is 7.58. The summed E-state index contributed by atoms with van der Waals surface area (Å²) in [5.74, 6) is 1.36. The zero-order chi connectivity index (χ0) is 16.7. The first-order valence-corrected chi connectivity index (χ1v) is 7.58. The van der Waals surface area contributed by atoms with E-state index in [2.05, 4.69) is 63.9 Å². The van der Waals surface area contributed by atoms with E-state index in [9.17, 15) is 0 Å². The number of nitrogens with zero attached hydrogens (tertiary/aromatic N) is 1. The number of nitrogens with one attached hydrogen (secondary N) is 1. The van der Waals surface area contributed by atoms with Gasteiger partial charge in [0.05, 0.1) is 12.8 Å². The molecule has 4 heteroatoms. The second-order valence-corrected chi connectivity index (χ2v) is 7.81. The van der Waals surface area contributed by atoms with Crippen LogP contribution in [0.15, 0.2) is 18.2 Å². The monoisotopic (exact) mass is 301 g/mol. The molecule has 0 bridgehead atoms. The summed E-state index contributed by atoms with van der Waals surface area (Å²) in [6, 6.07) is 6.26. The highest BCUT2D eigenvalue weighted by molar-refractivity contribution is 5.73. The van der Waals surface area contributed by atoms with E-state index >= 15 is 0 Å². The number of benzene rings is 1. The van der Waals surface area contributed by atoms with Gasteiger partial charge in [-0.25, -0.2) is 0 Å². The number of hydrogen-bond donors (Lipinski definition) is 2. The van der Waals surface area contributed by atoms with E-state index in [1.807, 2.05) is 6.07 Å². The number of rotatable bonds is 2. The van der Waals surface area contributed by atoms with Crippen LogP contribution in [-0.2, 0) is 10.8 Å². The molecular weight excluding hydrogens is 274 g/mol. The summed E-state index contributed by atoms with van der Waals surface area (Å²) in [6.45, 7) is 13.2. The highest BCUT2D eigenvalue weighted by Gasteiger charge is 2.26. The maximum absolute atomic E-state index is 5.77. The zero-order valence-corrected chi connectivity index (χ0v) is 14.7. The van der Waals surface area contributed by atoms with Gasteiger partial charge < -0.3 is 10.5 Å². The minimum atomic E-state index is -0.0209. The van der Waals surface area contributed by atoms with Crippen molar-refractivity contribution in [2.45, 2.75) is 52.4 Å². The molecule has 1 heterocycles. The average molecular weight is 301 g/mol. The molecule has 0 aliphatic heterocycles.